The van der Waals surface area contributed by atoms with E-state index in [-0.39, 0.29) is 11.8 Å². The van der Waals surface area contributed by atoms with Gasteiger partial charge in [0.25, 0.3) is 0 Å². The zero-order valence-electron chi connectivity index (χ0n) is 25.7. The molecule has 0 heterocycles. The molecule has 0 saturated carbocycles. The lowest BCUT2D eigenvalue weighted by atomic mass is 9.94. The molecule has 0 amide bonds. The smallest absolute Gasteiger partial charge is 0.316 e. The third-order valence-electron chi connectivity index (χ3n) is 6.12. The average Bonchev–Trinajstić information content (AvgIpc) is 2.89. The summed E-state index contributed by atoms with van der Waals surface area (Å²) in [6.07, 6.45) is 5.01. The van der Waals surface area contributed by atoms with Gasteiger partial charge in [0.05, 0.1) is 30.1 Å². The van der Waals surface area contributed by atoms with Gasteiger partial charge in [-0.3, -0.25) is 14.4 Å². The van der Waals surface area contributed by atoms with Gasteiger partial charge in [0, 0.05) is 16.7 Å². The summed E-state index contributed by atoms with van der Waals surface area (Å²) in [6.45, 7) is 17.1. The van der Waals surface area contributed by atoms with Crippen LogP contribution in [0.3, 0.4) is 0 Å². The molecule has 0 aliphatic rings. The van der Waals surface area contributed by atoms with Crippen LogP contribution in [0.5, 0.6) is 23.0 Å². The van der Waals surface area contributed by atoms with E-state index in [0.29, 0.717) is 53.6 Å². The molecule has 0 aliphatic carbocycles. The van der Waals surface area contributed by atoms with E-state index in [1.807, 2.05) is 20.8 Å². The fourth-order valence-corrected chi connectivity index (χ4v) is 3.79. The third kappa shape index (κ3) is 7.96. The van der Waals surface area contributed by atoms with Gasteiger partial charge < -0.3 is 18.9 Å². The first-order valence-electron chi connectivity index (χ1n) is 13.8. The van der Waals surface area contributed by atoms with E-state index >= 15 is 0 Å². The molecule has 0 radical (unpaired) electrons. The Morgan fingerprint density at radius 1 is 0.750 bits per heavy atom. The number of allylic oxidation sites excluding steroid dienone is 1. The summed E-state index contributed by atoms with van der Waals surface area (Å²) in [5.41, 5.74) is 1.12. The van der Waals surface area contributed by atoms with Gasteiger partial charge in [-0.1, -0.05) is 20.8 Å². The van der Waals surface area contributed by atoms with Crippen LogP contribution in [0.4, 0.5) is 0 Å². The normalized spacial score (nSPS) is 11.8. The molecular formula is C33H44O7. The highest BCUT2D eigenvalue weighted by molar-refractivity contribution is 6.07. The highest BCUT2D eigenvalue weighted by Gasteiger charge is 2.30. The first-order valence-corrected chi connectivity index (χ1v) is 13.8. The lowest BCUT2D eigenvalue weighted by molar-refractivity contribution is -0.143. The molecule has 2 rings (SSSR count). The van der Waals surface area contributed by atoms with Crippen LogP contribution in [0, 0.1) is 10.8 Å². The Morgan fingerprint density at radius 2 is 1.27 bits per heavy atom. The fraction of sp³-hybridized carbons (Fsp3) is 0.485. The highest BCUT2D eigenvalue weighted by Crippen LogP contribution is 2.46. The first kappa shape index (κ1) is 32.6. The van der Waals surface area contributed by atoms with Crippen molar-refractivity contribution < 1.29 is 33.3 Å². The van der Waals surface area contributed by atoms with Gasteiger partial charge in [0.15, 0.2) is 5.78 Å². The molecule has 0 N–H and O–H groups in total. The van der Waals surface area contributed by atoms with Crippen molar-refractivity contribution in [2.45, 2.75) is 81.6 Å². The second-order valence-electron chi connectivity index (χ2n) is 11.6. The molecule has 7 heteroatoms. The molecular weight excluding hydrogens is 508 g/mol. The third-order valence-corrected chi connectivity index (χ3v) is 6.12. The number of rotatable bonds is 11. The van der Waals surface area contributed by atoms with E-state index in [9.17, 15) is 14.4 Å². The number of esters is 2. The van der Waals surface area contributed by atoms with Crippen LogP contribution in [0.1, 0.15) is 95.8 Å². The number of ketones is 1. The van der Waals surface area contributed by atoms with Crippen LogP contribution in [-0.2, 0) is 22.4 Å². The van der Waals surface area contributed by atoms with E-state index in [4.69, 9.17) is 18.9 Å². The maximum absolute atomic E-state index is 13.2. The van der Waals surface area contributed by atoms with Crippen LogP contribution in [-0.4, -0.2) is 31.4 Å². The summed E-state index contributed by atoms with van der Waals surface area (Å²) in [5, 5.41) is 0. The summed E-state index contributed by atoms with van der Waals surface area (Å²) in [4.78, 5) is 38.4. The number of hydrogen-bond acceptors (Lipinski definition) is 7. The summed E-state index contributed by atoms with van der Waals surface area (Å²) >= 11 is 0. The van der Waals surface area contributed by atoms with Crippen LogP contribution >= 0.6 is 0 Å². The second kappa shape index (κ2) is 13.6. The summed E-state index contributed by atoms with van der Waals surface area (Å²) in [5.74, 6) is 0.812. The first-order chi connectivity index (χ1) is 18.7. The Labute approximate surface area is 238 Å². The Balaban J connectivity index is 2.62. The maximum Gasteiger partial charge on any atom is 0.316 e. The maximum atomic E-state index is 13.2. The minimum Gasteiger partial charge on any atom is -0.496 e. The lowest BCUT2D eigenvalue weighted by Crippen LogP contribution is -2.26. The quantitative estimate of drug-likeness (QED) is 0.124. The van der Waals surface area contributed by atoms with Crippen molar-refractivity contribution in [1.82, 2.24) is 0 Å². The standard InChI is InChI=1S/C33H44O7/c1-11-20-38-28-23(12-2)27(37-10)24(13-3)29(40-31(36)33(7,8)9)25(28)18-19-26(34)21-14-16-22(17-15-21)39-30(35)32(4,5)6/h14-19H,11-13,20H2,1-10H3. The molecule has 0 aromatic heterocycles. The van der Waals surface area contributed by atoms with Gasteiger partial charge in [-0.15, -0.1) is 0 Å². The number of carbonyl (C=O) groups excluding carboxylic acids is 3. The van der Waals surface area contributed by atoms with Crippen LogP contribution in [0.2, 0.25) is 0 Å². The Kier molecular flexibility index (Phi) is 11.1. The molecule has 2 aromatic rings. The Morgan fingerprint density at radius 3 is 1.75 bits per heavy atom. The minimum atomic E-state index is -0.749. The van der Waals surface area contributed by atoms with Gasteiger partial charge in [-0.25, -0.2) is 0 Å². The highest BCUT2D eigenvalue weighted by atomic mass is 16.5. The van der Waals surface area contributed by atoms with Gasteiger partial charge in [-0.2, -0.15) is 0 Å². The summed E-state index contributed by atoms with van der Waals surface area (Å²) in [7, 11) is 1.59. The lowest BCUT2D eigenvalue weighted by Gasteiger charge is -2.25. The molecule has 0 bridgehead atoms. The number of methoxy groups -OCH3 is 1. The zero-order valence-corrected chi connectivity index (χ0v) is 25.7. The molecule has 0 fully saturated rings. The molecule has 0 unspecified atom stereocenters. The van der Waals surface area contributed by atoms with Crippen molar-refractivity contribution in [3.05, 3.63) is 52.6 Å². The van der Waals surface area contributed by atoms with Crippen molar-refractivity contribution in [1.29, 1.82) is 0 Å². The fourth-order valence-electron chi connectivity index (χ4n) is 3.79. The molecule has 0 saturated heterocycles. The molecule has 40 heavy (non-hydrogen) atoms. The monoisotopic (exact) mass is 552 g/mol. The topological polar surface area (TPSA) is 88.1 Å². The van der Waals surface area contributed by atoms with Crippen molar-refractivity contribution in [3.8, 4) is 23.0 Å². The molecule has 0 aliphatic heterocycles. The van der Waals surface area contributed by atoms with E-state index in [0.717, 1.165) is 17.5 Å². The number of benzene rings is 2. The minimum absolute atomic E-state index is 0.268. The molecule has 218 valence electrons. The predicted molar refractivity (Wildman–Crippen MR) is 158 cm³/mol. The van der Waals surface area contributed by atoms with Gasteiger partial charge in [0.1, 0.15) is 23.0 Å². The average molecular weight is 553 g/mol. The van der Waals surface area contributed by atoms with Crippen LogP contribution in [0.15, 0.2) is 30.3 Å². The SMILES string of the molecule is CCCOc1c(C=CC(=O)c2ccc(OC(=O)C(C)(C)C)cc2)c(OC(=O)C(C)(C)C)c(CC)c(OC)c1CC. The van der Waals surface area contributed by atoms with Crippen molar-refractivity contribution in [2.75, 3.05) is 13.7 Å². The number of hydrogen-bond donors (Lipinski definition) is 0. The van der Waals surface area contributed by atoms with E-state index in [1.54, 1.807) is 79.0 Å². The summed E-state index contributed by atoms with van der Waals surface area (Å²) in [6, 6.07) is 6.40. The number of carbonyl (C=O) groups is 3. The molecule has 7 nitrogen and oxygen atoms in total. The molecule has 0 spiro atoms. The van der Waals surface area contributed by atoms with Crippen LogP contribution < -0.4 is 18.9 Å². The van der Waals surface area contributed by atoms with E-state index in [1.165, 1.54) is 6.08 Å². The molecule has 2 aromatic carbocycles. The van der Waals surface area contributed by atoms with Crippen molar-refractivity contribution >= 4 is 23.8 Å². The predicted octanol–water partition coefficient (Wildman–Crippen LogP) is 7.41. The number of ether oxygens (including phenoxy) is 4. The van der Waals surface area contributed by atoms with Crippen LogP contribution in [0.25, 0.3) is 6.08 Å². The van der Waals surface area contributed by atoms with Gasteiger partial charge >= 0.3 is 11.9 Å². The van der Waals surface area contributed by atoms with Gasteiger partial charge in [-0.05, 0) is 97.2 Å². The van der Waals surface area contributed by atoms with Gasteiger partial charge in [0.2, 0.25) is 0 Å². The van der Waals surface area contributed by atoms with E-state index in [2.05, 4.69) is 0 Å². The Hall–Kier alpha value is -3.61. The van der Waals surface area contributed by atoms with Crippen molar-refractivity contribution in [2.24, 2.45) is 10.8 Å². The zero-order chi connectivity index (χ0) is 30.3. The second-order valence-corrected chi connectivity index (χ2v) is 11.6. The van der Waals surface area contributed by atoms with E-state index < -0.39 is 16.8 Å². The largest absolute Gasteiger partial charge is 0.496 e. The molecule has 0 atom stereocenters. The summed E-state index contributed by atoms with van der Waals surface area (Å²) < 4.78 is 23.4. The Bertz CT molecular complexity index is 1240. The van der Waals surface area contributed by atoms with Crippen molar-refractivity contribution in [3.63, 3.8) is 0 Å².